The van der Waals surface area contributed by atoms with Gasteiger partial charge in [0.25, 0.3) is 5.91 Å². The van der Waals surface area contributed by atoms with Crippen molar-refractivity contribution in [1.82, 2.24) is 19.4 Å². The van der Waals surface area contributed by atoms with Crippen molar-refractivity contribution in [2.24, 2.45) is 5.92 Å². The van der Waals surface area contributed by atoms with Crippen molar-refractivity contribution in [3.63, 3.8) is 0 Å². The maximum atomic E-state index is 14.3. The van der Waals surface area contributed by atoms with E-state index in [0.29, 0.717) is 11.3 Å². The van der Waals surface area contributed by atoms with E-state index in [1.165, 1.54) is 17.7 Å². The molecule has 0 N–H and O–H groups in total. The number of halogens is 1. The summed E-state index contributed by atoms with van der Waals surface area (Å²) in [5, 5.41) is 1.12. The fraction of sp³-hybridized carbons (Fsp3) is 0.467. The normalized spacial score (nSPS) is 18.4. The van der Waals surface area contributed by atoms with Crippen LogP contribution in [0.1, 0.15) is 54.6 Å². The highest BCUT2D eigenvalue weighted by atomic mass is 19.1. The molecule has 1 aromatic carbocycles. The van der Waals surface area contributed by atoms with Crippen LogP contribution < -0.4 is 0 Å². The molecule has 7 heteroatoms. The number of hydrogen-bond donors (Lipinski definition) is 0. The van der Waals surface area contributed by atoms with Crippen molar-refractivity contribution in [3.8, 4) is 5.69 Å². The number of aryl methyl sites for hydroxylation is 1. The van der Waals surface area contributed by atoms with Gasteiger partial charge in [-0.25, -0.2) is 4.39 Å². The van der Waals surface area contributed by atoms with Gasteiger partial charge in [0.05, 0.1) is 23.0 Å². The summed E-state index contributed by atoms with van der Waals surface area (Å²) in [5.74, 6) is 0.0982. The van der Waals surface area contributed by atoms with Crippen molar-refractivity contribution in [2.45, 2.75) is 46.1 Å². The second-order valence-corrected chi connectivity index (χ2v) is 10.8. The first-order valence-corrected chi connectivity index (χ1v) is 13.3. The van der Waals surface area contributed by atoms with E-state index in [-0.39, 0.29) is 11.9 Å². The molecule has 0 unspecified atom stereocenters. The fourth-order valence-electron chi connectivity index (χ4n) is 5.54. The number of benzene rings is 1. The maximum Gasteiger partial charge on any atom is 0.256 e. The van der Waals surface area contributed by atoms with E-state index in [9.17, 15) is 9.18 Å². The van der Waals surface area contributed by atoms with Crippen LogP contribution in [0.4, 0.5) is 4.39 Å². The van der Waals surface area contributed by atoms with Gasteiger partial charge in [0.1, 0.15) is 5.82 Å². The van der Waals surface area contributed by atoms with Crippen LogP contribution in [0.25, 0.3) is 22.7 Å². The number of ether oxygens (including phenoxy) is 1. The number of hydrogen-bond acceptors (Lipinski definition) is 4. The Morgan fingerprint density at radius 3 is 2.81 bits per heavy atom. The molecule has 1 amide bonds. The predicted octanol–water partition coefficient (Wildman–Crippen LogP) is 5.47. The lowest BCUT2D eigenvalue weighted by atomic mass is 10.00. The Labute approximate surface area is 218 Å². The van der Waals surface area contributed by atoms with Crippen LogP contribution in [0.5, 0.6) is 0 Å². The van der Waals surface area contributed by atoms with Crippen LogP contribution in [-0.4, -0.2) is 71.2 Å². The Balaban J connectivity index is 1.51. The standard InChI is InChI=1S/C30H37FN4O2/c1-20(2)33(4)30(36)26-14-25(31)5-6-27(26)35-19-24(29-21(3)15-32-16-28(29)35)13-23-7-10-34(18-23)17-22-8-11-37-12-9-22/h5-6,13-16,19-20,22H,7-12,17-18H2,1-4H3/b23-13+. The number of fused-ring (bicyclic) bond motifs is 1. The van der Waals surface area contributed by atoms with E-state index < -0.39 is 5.82 Å². The zero-order valence-electron chi connectivity index (χ0n) is 22.3. The molecule has 0 saturated carbocycles. The minimum absolute atomic E-state index is 0.000627. The Bertz CT molecular complexity index is 1320. The smallest absolute Gasteiger partial charge is 0.256 e. The van der Waals surface area contributed by atoms with Gasteiger partial charge in [0, 0.05) is 69.3 Å². The molecule has 0 radical (unpaired) electrons. The molecule has 2 saturated heterocycles. The quantitative estimate of drug-likeness (QED) is 0.447. The molecule has 0 atom stereocenters. The van der Waals surface area contributed by atoms with Gasteiger partial charge in [-0.3, -0.25) is 14.7 Å². The average molecular weight is 505 g/mol. The summed E-state index contributed by atoms with van der Waals surface area (Å²) in [6.45, 7) is 10.9. The minimum Gasteiger partial charge on any atom is -0.381 e. The fourth-order valence-corrected chi connectivity index (χ4v) is 5.54. The molecule has 37 heavy (non-hydrogen) atoms. The Morgan fingerprint density at radius 1 is 1.27 bits per heavy atom. The second kappa shape index (κ2) is 10.8. The van der Waals surface area contributed by atoms with Gasteiger partial charge in [-0.1, -0.05) is 11.6 Å². The summed E-state index contributed by atoms with van der Waals surface area (Å²) >= 11 is 0. The van der Waals surface area contributed by atoms with Gasteiger partial charge in [-0.15, -0.1) is 0 Å². The molecule has 0 bridgehead atoms. The van der Waals surface area contributed by atoms with Gasteiger partial charge in [0.2, 0.25) is 0 Å². The summed E-state index contributed by atoms with van der Waals surface area (Å²) < 4.78 is 21.9. The monoisotopic (exact) mass is 504 g/mol. The van der Waals surface area contributed by atoms with Crippen molar-refractivity contribution in [3.05, 3.63) is 64.9 Å². The zero-order valence-corrected chi connectivity index (χ0v) is 22.3. The molecule has 0 aliphatic carbocycles. The predicted molar refractivity (Wildman–Crippen MR) is 146 cm³/mol. The number of rotatable bonds is 6. The minimum atomic E-state index is -0.423. The molecule has 196 valence electrons. The highest BCUT2D eigenvalue weighted by Crippen LogP contribution is 2.32. The Kier molecular flexibility index (Phi) is 7.45. The molecule has 6 nitrogen and oxygen atoms in total. The molecule has 2 aliphatic rings. The topological polar surface area (TPSA) is 50.6 Å². The summed E-state index contributed by atoms with van der Waals surface area (Å²) in [7, 11) is 1.75. The molecule has 0 spiro atoms. The molecule has 3 aromatic rings. The van der Waals surface area contributed by atoms with E-state index in [1.54, 1.807) is 18.0 Å². The van der Waals surface area contributed by atoms with E-state index in [2.05, 4.69) is 29.1 Å². The molecule has 5 rings (SSSR count). The number of likely N-dealkylation sites (tertiary alicyclic amines) is 1. The third-order valence-corrected chi connectivity index (χ3v) is 7.87. The summed E-state index contributed by atoms with van der Waals surface area (Å²) in [6, 6.07) is 4.45. The lowest BCUT2D eigenvalue weighted by Gasteiger charge is -2.26. The first-order valence-electron chi connectivity index (χ1n) is 13.3. The zero-order chi connectivity index (χ0) is 26.1. The molecule has 2 fully saturated rings. The molecular formula is C30H37FN4O2. The lowest BCUT2D eigenvalue weighted by Crippen LogP contribution is -2.33. The Hall–Kier alpha value is -3.03. The number of pyridine rings is 1. The van der Waals surface area contributed by atoms with Gasteiger partial charge >= 0.3 is 0 Å². The summed E-state index contributed by atoms with van der Waals surface area (Å²) in [6.07, 6.45) is 11.5. The van der Waals surface area contributed by atoms with Crippen LogP contribution in [-0.2, 0) is 4.74 Å². The van der Waals surface area contributed by atoms with E-state index in [0.717, 1.165) is 80.1 Å². The highest BCUT2D eigenvalue weighted by Gasteiger charge is 2.24. The number of carbonyl (C=O) groups excluding carboxylic acids is 1. The summed E-state index contributed by atoms with van der Waals surface area (Å²) in [5.41, 5.74) is 5.52. The Morgan fingerprint density at radius 2 is 2.05 bits per heavy atom. The van der Waals surface area contributed by atoms with Crippen molar-refractivity contribution < 1.29 is 13.9 Å². The van der Waals surface area contributed by atoms with Crippen molar-refractivity contribution >= 4 is 22.9 Å². The average Bonchev–Trinajstić information content (AvgIpc) is 3.48. The van der Waals surface area contributed by atoms with E-state index >= 15 is 0 Å². The highest BCUT2D eigenvalue weighted by molar-refractivity contribution is 6.00. The van der Waals surface area contributed by atoms with Crippen LogP contribution in [0.3, 0.4) is 0 Å². The van der Waals surface area contributed by atoms with Crippen molar-refractivity contribution in [1.29, 1.82) is 0 Å². The molecule has 4 heterocycles. The lowest BCUT2D eigenvalue weighted by molar-refractivity contribution is 0.0558. The van der Waals surface area contributed by atoms with Gasteiger partial charge in [-0.05, 0) is 69.7 Å². The number of amides is 1. The third kappa shape index (κ3) is 5.34. The summed E-state index contributed by atoms with van der Waals surface area (Å²) in [4.78, 5) is 22.0. The number of aromatic nitrogens is 2. The van der Waals surface area contributed by atoms with Gasteiger partial charge in [0.15, 0.2) is 0 Å². The number of nitrogens with zero attached hydrogens (tertiary/aromatic N) is 4. The van der Waals surface area contributed by atoms with Gasteiger partial charge < -0.3 is 14.2 Å². The van der Waals surface area contributed by atoms with E-state index in [1.807, 2.05) is 30.8 Å². The second-order valence-electron chi connectivity index (χ2n) is 10.8. The van der Waals surface area contributed by atoms with Crippen LogP contribution in [0, 0.1) is 18.7 Å². The molecule has 2 aromatic heterocycles. The molecule has 2 aliphatic heterocycles. The largest absolute Gasteiger partial charge is 0.381 e. The van der Waals surface area contributed by atoms with Crippen LogP contribution in [0.2, 0.25) is 0 Å². The molecular weight excluding hydrogens is 467 g/mol. The first-order chi connectivity index (χ1) is 17.8. The van der Waals surface area contributed by atoms with E-state index in [4.69, 9.17) is 4.74 Å². The van der Waals surface area contributed by atoms with Gasteiger partial charge in [-0.2, -0.15) is 0 Å². The third-order valence-electron chi connectivity index (χ3n) is 7.87. The van der Waals surface area contributed by atoms with Crippen LogP contribution in [0.15, 0.2) is 42.4 Å². The SMILES string of the molecule is Cc1cncc2c1c(/C=C1\CCN(CC3CCOCC3)C1)cn2-c1ccc(F)cc1C(=O)N(C)C(C)C. The van der Waals surface area contributed by atoms with Crippen LogP contribution >= 0.6 is 0 Å². The number of carbonyl (C=O) groups is 1. The maximum absolute atomic E-state index is 14.3. The van der Waals surface area contributed by atoms with Crippen molar-refractivity contribution in [2.75, 3.05) is 39.9 Å². The first kappa shape index (κ1) is 25.6.